The van der Waals surface area contributed by atoms with Gasteiger partial charge in [0.15, 0.2) is 11.3 Å². The van der Waals surface area contributed by atoms with E-state index in [0.717, 1.165) is 23.1 Å². The Hall–Kier alpha value is -3.52. The van der Waals surface area contributed by atoms with Gasteiger partial charge in [0.25, 0.3) is 0 Å². The van der Waals surface area contributed by atoms with Gasteiger partial charge < -0.3 is 0 Å². The van der Waals surface area contributed by atoms with Crippen molar-refractivity contribution < 1.29 is 13.2 Å². The number of rotatable bonds is 5. The summed E-state index contributed by atoms with van der Waals surface area (Å²) in [6.07, 6.45) is 4.33. The van der Waals surface area contributed by atoms with Gasteiger partial charge in [-0.2, -0.15) is 0 Å². The van der Waals surface area contributed by atoms with Gasteiger partial charge in [-0.1, -0.05) is 42.0 Å². The van der Waals surface area contributed by atoms with Gasteiger partial charge in [0.1, 0.15) is 6.33 Å². The number of aryl methyl sites for hydroxylation is 1. The molecule has 0 unspecified atom stereocenters. The normalized spacial score (nSPS) is 11.6. The molecule has 0 aliphatic rings. The minimum atomic E-state index is -3.38. The van der Waals surface area contributed by atoms with Crippen LogP contribution in [0.5, 0.6) is 0 Å². The number of hydrogen-bond acceptors (Lipinski definition) is 5. The number of benzene rings is 2. The van der Waals surface area contributed by atoms with Crippen molar-refractivity contribution in [2.75, 3.05) is 17.6 Å². The molecule has 2 aromatic heterocycles. The number of aromatic nitrogens is 3. The topological polar surface area (TPSA) is 84.6 Å². The van der Waals surface area contributed by atoms with Crippen LogP contribution in [0.1, 0.15) is 21.6 Å². The third-order valence-corrected chi connectivity index (χ3v) is 6.17. The Kier molecular flexibility index (Phi) is 4.87. The quantitative estimate of drug-likeness (QED) is 0.463. The molecule has 0 spiro atoms. The number of fused-ring (bicyclic) bond motifs is 1. The maximum Gasteiger partial charge on any atom is 0.231 e. The van der Waals surface area contributed by atoms with Gasteiger partial charge in [0.05, 0.1) is 17.6 Å². The van der Waals surface area contributed by atoms with E-state index in [-0.39, 0.29) is 11.5 Å². The third-order valence-electron chi connectivity index (χ3n) is 4.96. The molecule has 0 radical (unpaired) electrons. The Morgan fingerprint density at radius 1 is 1.03 bits per heavy atom. The molecule has 8 heteroatoms. The maximum absolute atomic E-state index is 12.9. The smallest absolute Gasteiger partial charge is 0.231 e. The molecule has 0 aliphatic heterocycles. The highest BCUT2D eigenvalue weighted by Gasteiger charge is 2.19. The SMILES string of the molecule is Cc1ccc(C(=O)c2ncn3c(-c4cccc(N(C)S(C)(=O)=O)c4)ccnc23)cc1. The number of anilines is 1. The summed E-state index contributed by atoms with van der Waals surface area (Å²) in [5.74, 6) is -0.201. The van der Waals surface area contributed by atoms with Gasteiger partial charge in [0, 0.05) is 24.4 Å². The maximum atomic E-state index is 12.9. The lowest BCUT2D eigenvalue weighted by molar-refractivity contribution is 0.103. The fourth-order valence-electron chi connectivity index (χ4n) is 3.19. The van der Waals surface area contributed by atoms with Crippen molar-refractivity contribution >= 4 is 27.1 Å². The van der Waals surface area contributed by atoms with Gasteiger partial charge in [-0.05, 0) is 25.1 Å². The fourth-order valence-corrected chi connectivity index (χ4v) is 3.69. The van der Waals surface area contributed by atoms with Crippen LogP contribution in [0, 0.1) is 6.92 Å². The van der Waals surface area contributed by atoms with Crippen LogP contribution in [0.4, 0.5) is 5.69 Å². The fraction of sp³-hybridized carbons (Fsp3) is 0.136. The predicted molar refractivity (Wildman–Crippen MR) is 116 cm³/mol. The van der Waals surface area contributed by atoms with E-state index in [1.807, 2.05) is 25.1 Å². The second-order valence-corrected chi connectivity index (χ2v) is 9.11. The monoisotopic (exact) mass is 420 g/mol. The summed E-state index contributed by atoms with van der Waals surface area (Å²) in [4.78, 5) is 21.6. The largest absolute Gasteiger partial charge is 0.287 e. The van der Waals surface area contributed by atoms with E-state index in [1.54, 1.807) is 53.3 Å². The standard InChI is InChI=1S/C22H20N4O3S/c1-15-7-9-16(10-8-15)21(27)20-22-23-12-11-19(26(22)14-24-20)17-5-4-6-18(13-17)25(2)30(3,28)29/h4-14H,1-3H3. The molecule has 0 fully saturated rings. The second-order valence-electron chi connectivity index (χ2n) is 7.09. The third kappa shape index (κ3) is 3.57. The van der Waals surface area contributed by atoms with Crippen LogP contribution in [-0.4, -0.2) is 41.9 Å². The number of hydrogen-bond donors (Lipinski definition) is 0. The number of sulfonamides is 1. The molecule has 2 heterocycles. The van der Waals surface area contributed by atoms with E-state index in [1.165, 1.54) is 11.4 Å². The molecule has 0 N–H and O–H groups in total. The molecule has 0 amide bonds. The number of imidazole rings is 1. The van der Waals surface area contributed by atoms with E-state index < -0.39 is 10.0 Å². The van der Waals surface area contributed by atoms with Crippen LogP contribution in [-0.2, 0) is 10.0 Å². The minimum absolute atomic E-state index is 0.201. The summed E-state index contributed by atoms with van der Waals surface area (Å²) < 4.78 is 26.7. The van der Waals surface area contributed by atoms with E-state index in [0.29, 0.717) is 16.9 Å². The first-order chi connectivity index (χ1) is 14.3. The predicted octanol–water partition coefficient (Wildman–Crippen LogP) is 3.33. The molecule has 0 saturated heterocycles. The molecule has 0 saturated carbocycles. The van der Waals surface area contributed by atoms with Gasteiger partial charge in [-0.25, -0.2) is 18.4 Å². The first kappa shape index (κ1) is 19.8. The summed E-state index contributed by atoms with van der Waals surface area (Å²) in [6.45, 7) is 1.96. The number of carbonyl (C=O) groups is 1. The van der Waals surface area contributed by atoms with Gasteiger partial charge >= 0.3 is 0 Å². The molecule has 30 heavy (non-hydrogen) atoms. The average molecular weight is 420 g/mol. The lowest BCUT2D eigenvalue weighted by atomic mass is 10.1. The average Bonchev–Trinajstić information content (AvgIpc) is 3.17. The molecule has 7 nitrogen and oxygen atoms in total. The Labute approximate surface area is 174 Å². The van der Waals surface area contributed by atoms with Crippen molar-refractivity contribution in [3.8, 4) is 11.3 Å². The van der Waals surface area contributed by atoms with Crippen molar-refractivity contribution in [1.82, 2.24) is 14.4 Å². The Balaban J connectivity index is 1.80. The molecule has 0 aliphatic carbocycles. The molecule has 4 rings (SSSR count). The van der Waals surface area contributed by atoms with Crippen LogP contribution in [0.25, 0.3) is 16.9 Å². The van der Waals surface area contributed by atoms with Gasteiger partial charge in [-0.15, -0.1) is 0 Å². The molecular formula is C22H20N4O3S. The first-order valence-corrected chi connectivity index (χ1v) is 11.1. The van der Waals surface area contributed by atoms with Crippen molar-refractivity contribution in [1.29, 1.82) is 0 Å². The summed E-state index contributed by atoms with van der Waals surface area (Å²) in [5.41, 5.74) is 4.40. The highest BCUT2D eigenvalue weighted by molar-refractivity contribution is 7.92. The molecule has 152 valence electrons. The van der Waals surface area contributed by atoms with E-state index in [4.69, 9.17) is 0 Å². The molecule has 4 aromatic rings. The number of carbonyl (C=O) groups excluding carboxylic acids is 1. The number of nitrogens with zero attached hydrogens (tertiary/aromatic N) is 4. The van der Waals surface area contributed by atoms with E-state index in [2.05, 4.69) is 9.97 Å². The lowest BCUT2D eigenvalue weighted by Gasteiger charge is -2.17. The lowest BCUT2D eigenvalue weighted by Crippen LogP contribution is -2.24. The van der Waals surface area contributed by atoms with Crippen LogP contribution in [0.15, 0.2) is 67.1 Å². The zero-order chi connectivity index (χ0) is 21.5. The van der Waals surface area contributed by atoms with Crippen molar-refractivity contribution in [2.24, 2.45) is 0 Å². The molecule has 0 bridgehead atoms. The molecule has 2 aromatic carbocycles. The van der Waals surface area contributed by atoms with Crippen LogP contribution < -0.4 is 4.31 Å². The van der Waals surface area contributed by atoms with Gasteiger partial charge in [-0.3, -0.25) is 13.5 Å². The number of ketones is 1. The van der Waals surface area contributed by atoms with Crippen LogP contribution >= 0.6 is 0 Å². The highest BCUT2D eigenvalue weighted by atomic mass is 32.2. The summed E-state index contributed by atoms with van der Waals surface area (Å²) in [7, 11) is -1.87. The van der Waals surface area contributed by atoms with Crippen LogP contribution in [0.2, 0.25) is 0 Å². The first-order valence-electron chi connectivity index (χ1n) is 9.23. The van der Waals surface area contributed by atoms with Crippen molar-refractivity contribution in [3.05, 3.63) is 83.9 Å². The highest BCUT2D eigenvalue weighted by Crippen LogP contribution is 2.26. The second kappa shape index (κ2) is 7.38. The zero-order valence-electron chi connectivity index (χ0n) is 16.8. The summed E-state index contributed by atoms with van der Waals surface area (Å²) in [6, 6.07) is 16.3. The minimum Gasteiger partial charge on any atom is -0.287 e. The summed E-state index contributed by atoms with van der Waals surface area (Å²) >= 11 is 0. The van der Waals surface area contributed by atoms with E-state index in [9.17, 15) is 13.2 Å². The zero-order valence-corrected chi connectivity index (χ0v) is 17.6. The summed E-state index contributed by atoms with van der Waals surface area (Å²) in [5, 5.41) is 0. The van der Waals surface area contributed by atoms with Crippen LogP contribution in [0.3, 0.4) is 0 Å². The Morgan fingerprint density at radius 3 is 2.47 bits per heavy atom. The van der Waals surface area contributed by atoms with Crippen molar-refractivity contribution in [2.45, 2.75) is 6.92 Å². The molecule has 0 atom stereocenters. The molecular weight excluding hydrogens is 400 g/mol. The van der Waals surface area contributed by atoms with Gasteiger partial charge in [0.2, 0.25) is 15.8 Å². The Morgan fingerprint density at radius 2 is 1.77 bits per heavy atom. The Bertz CT molecular complexity index is 1360. The van der Waals surface area contributed by atoms with Crippen molar-refractivity contribution in [3.63, 3.8) is 0 Å². The van der Waals surface area contributed by atoms with E-state index >= 15 is 0 Å².